The Balaban J connectivity index is 6.14. The van der Waals surface area contributed by atoms with E-state index in [-0.39, 0.29) is 5.41 Å². The first-order valence-corrected chi connectivity index (χ1v) is 9.30. The first-order valence-electron chi connectivity index (χ1n) is 9.30. The lowest BCUT2D eigenvalue weighted by Crippen LogP contribution is -2.50. The molecule has 0 heterocycles. The monoisotopic (exact) mass is 312 g/mol. The van der Waals surface area contributed by atoms with E-state index in [1.807, 2.05) is 0 Å². The van der Waals surface area contributed by atoms with Gasteiger partial charge in [0.15, 0.2) is 0 Å². The fraction of sp³-hybridized carbons (Fsp3) is 0.950. The van der Waals surface area contributed by atoms with Gasteiger partial charge in [-0.1, -0.05) is 61.8 Å². The molecular formula is C20H40O2. The van der Waals surface area contributed by atoms with Gasteiger partial charge in [0.05, 0.1) is 5.41 Å². The summed E-state index contributed by atoms with van der Waals surface area (Å²) in [6, 6.07) is 0. The van der Waals surface area contributed by atoms with E-state index in [0.717, 1.165) is 38.5 Å². The van der Waals surface area contributed by atoms with Crippen LogP contribution in [0.5, 0.6) is 0 Å². The van der Waals surface area contributed by atoms with Gasteiger partial charge in [0.2, 0.25) is 0 Å². The van der Waals surface area contributed by atoms with Crippen LogP contribution in [-0.4, -0.2) is 11.1 Å². The van der Waals surface area contributed by atoms with Crippen LogP contribution in [0.1, 0.15) is 93.9 Å². The Morgan fingerprint density at radius 2 is 1.27 bits per heavy atom. The number of carboxylic acids is 1. The van der Waals surface area contributed by atoms with E-state index < -0.39 is 11.4 Å². The van der Waals surface area contributed by atoms with Crippen LogP contribution in [0.3, 0.4) is 0 Å². The molecule has 0 spiro atoms. The van der Waals surface area contributed by atoms with E-state index in [4.69, 9.17) is 0 Å². The lowest BCUT2D eigenvalue weighted by molar-refractivity contribution is -0.165. The van der Waals surface area contributed by atoms with Crippen molar-refractivity contribution in [2.45, 2.75) is 93.9 Å². The molecule has 0 radical (unpaired) electrons. The predicted octanol–water partition coefficient (Wildman–Crippen LogP) is 6.39. The summed E-state index contributed by atoms with van der Waals surface area (Å²) in [5.74, 6) is 0.899. The van der Waals surface area contributed by atoms with Crippen LogP contribution in [-0.2, 0) is 4.79 Å². The van der Waals surface area contributed by atoms with Crippen molar-refractivity contribution in [1.82, 2.24) is 0 Å². The van der Waals surface area contributed by atoms with Crippen LogP contribution < -0.4 is 0 Å². The normalized spacial score (nSPS) is 15.6. The van der Waals surface area contributed by atoms with Crippen LogP contribution in [0.25, 0.3) is 0 Å². The summed E-state index contributed by atoms with van der Waals surface area (Å²) in [5.41, 5.74) is -0.680. The molecule has 0 aromatic heterocycles. The molecule has 0 fully saturated rings. The Morgan fingerprint density at radius 1 is 0.864 bits per heavy atom. The molecule has 0 rings (SSSR count). The van der Waals surface area contributed by atoms with Crippen LogP contribution >= 0.6 is 0 Å². The van der Waals surface area contributed by atoms with Gasteiger partial charge in [-0.05, 0) is 55.3 Å². The molecule has 0 aromatic carbocycles. The number of hydrogen-bond donors (Lipinski definition) is 1. The molecule has 22 heavy (non-hydrogen) atoms. The number of rotatable bonds is 11. The zero-order valence-corrected chi connectivity index (χ0v) is 16.3. The van der Waals surface area contributed by atoms with Crippen molar-refractivity contribution in [2.24, 2.45) is 28.6 Å². The second-order valence-corrected chi connectivity index (χ2v) is 8.57. The Morgan fingerprint density at radius 3 is 1.50 bits per heavy atom. The quantitative estimate of drug-likeness (QED) is 0.480. The third-order valence-corrected chi connectivity index (χ3v) is 5.11. The van der Waals surface area contributed by atoms with Crippen molar-refractivity contribution < 1.29 is 9.90 Å². The molecule has 0 aliphatic rings. The van der Waals surface area contributed by atoms with Gasteiger partial charge in [-0.2, -0.15) is 0 Å². The van der Waals surface area contributed by atoms with Gasteiger partial charge in [0, 0.05) is 0 Å². The van der Waals surface area contributed by atoms with Crippen molar-refractivity contribution >= 4 is 5.97 Å². The molecule has 0 aliphatic heterocycles. The summed E-state index contributed by atoms with van der Waals surface area (Å²) in [6.07, 6.45) is 5.65. The highest BCUT2D eigenvalue weighted by Crippen LogP contribution is 2.56. The molecule has 0 aliphatic carbocycles. The molecule has 0 saturated carbocycles. The fourth-order valence-corrected chi connectivity index (χ4v) is 4.86. The lowest BCUT2D eigenvalue weighted by Gasteiger charge is -2.51. The fourth-order valence-electron chi connectivity index (χ4n) is 4.86. The minimum atomic E-state index is -0.592. The number of aliphatic carboxylic acids is 1. The molecule has 1 unspecified atom stereocenters. The van der Waals surface area contributed by atoms with Crippen molar-refractivity contribution in [1.29, 1.82) is 0 Å². The predicted molar refractivity (Wildman–Crippen MR) is 96.1 cm³/mol. The second-order valence-electron chi connectivity index (χ2n) is 8.57. The van der Waals surface area contributed by atoms with Gasteiger partial charge in [0.25, 0.3) is 0 Å². The standard InChI is InChI=1S/C20H40O2/c1-9-11-19(12-15(3)4,13-16(5)6)20(10-2,18(21)22)14-17(7)8/h15-17H,9-14H2,1-8H3,(H,21,22). The number of hydrogen-bond acceptors (Lipinski definition) is 1. The summed E-state index contributed by atoms with van der Waals surface area (Å²) in [5, 5.41) is 10.3. The minimum absolute atomic E-state index is 0.0884. The van der Waals surface area contributed by atoms with E-state index in [1.165, 1.54) is 0 Å². The molecule has 1 atom stereocenters. The molecular weight excluding hydrogens is 272 g/mol. The van der Waals surface area contributed by atoms with E-state index in [1.54, 1.807) is 0 Å². The lowest BCUT2D eigenvalue weighted by atomic mass is 9.52. The summed E-state index contributed by atoms with van der Waals surface area (Å²) in [4.78, 5) is 12.5. The topological polar surface area (TPSA) is 37.3 Å². The van der Waals surface area contributed by atoms with E-state index >= 15 is 0 Å². The number of carbonyl (C=O) groups is 1. The maximum absolute atomic E-state index is 12.5. The molecule has 0 aromatic rings. The highest BCUT2D eigenvalue weighted by Gasteiger charge is 2.54. The average Bonchev–Trinajstić information content (AvgIpc) is 2.33. The van der Waals surface area contributed by atoms with Crippen LogP contribution in [0.15, 0.2) is 0 Å². The first-order chi connectivity index (χ1) is 10.1. The Bertz CT molecular complexity index is 321. The highest BCUT2D eigenvalue weighted by atomic mass is 16.4. The van der Waals surface area contributed by atoms with Gasteiger partial charge in [-0.15, -0.1) is 0 Å². The third-order valence-electron chi connectivity index (χ3n) is 5.11. The second kappa shape index (κ2) is 8.93. The molecule has 0 saturated heterocycles. The van der Waals surface area contributed by atoms with E-state index in [9.17, 15) is 9.90 Å². The van der Waals surface area contributed by atoms with Crippen molar-refractivity contribution in [3.63, 3.8) is 0 Å². The summed E-state index contributed by atoms with van der Waals surface area (Å²) in [7, 11) is 0. The molecule has 1 N–H and O–H groups in total. The van der Waals surface area contributed by atoms with Gasteiger partial charge >= 0.3 is 5.97 Å². The smallest absolute Gasteiger partial charge is 0.310 e. The molecule has 132 valence electrons. The largest absolute Gasteiger partial charge is 0.481 e. The maximum atomic E-state index is 12.5. The van der Waals surface area contributed by atoms with Gasteiger partial charge in [0.1, 0.15) is 0 Å². The highest BCUT2D eigenvalue weighted by molar-refractivity contribution is 5.76. The Kier molecular flexibility index (Phi) is 8.72. The van der Waals surface area contributed by atoms with Crippen LogP contribution in [0.4, 0.5) is 0 Å². The Hall–Kier alpha value is -0.530. The average molecular weight is 313 g/mol. The number of carboxylic acid groups (broad SMARTS) is 1. The van der Waals surface area contributed by atoms with Crippen LogP contribution in [0, 0.1) is 28.6 Å². The molecule has 2 heteroatoms. The third kappa shape index (κ3) is 4.99. The first kappa shape index (κ1) is 21.5. The van der Waals surface area contributed by atoms with E-state index in [0.29, 0.717) is 17.8 Å². The maximum Gasteiger partial charge on any atom is 0.310 e. The van der Waals surface area contributed by atoms with Crippen molar-refractivity contribution in [2.75, 3.05) is 0 Å². The van der Waals surface area contributed by atoms with Crippen molar-refractivity contribution in [3.8, 4) is 0 Å². The summed E-state index contributed by atoms with van der Waals surface area (Å²) >= 11 is 0. The SMILES string of the molecule is CCCC(CC(C)C)(CC(C)C)C(CC)(CC(C)C)C(=O)O. The molecule has 0 amide bonds. The van der Waals surface area contributed by atoms with Gasteiger partial charge in [-0.25, -0.2) is 0 Å². The Labute approximate surface area is 139 Å². The van der Waals surface area contributed by atoms with Gasteiger partial charge in [-0.3, -0.25) is 4.79 Å². The molecule has 0 bridgehead atoms. The minimum Gasteiger partial charge on any atom is -0.481 e. The summed E-state index contributed by atoms with van der Waals surface area (Å²) < 4.78 is 0. The zero-order chi connectivity index (χ0) is 17.6. The summed E-state index contributed by atoms with van der Waals surface area (Å²) in [6.45, 7) is 17.6. The van der Waals surface area contributed by atoms with Crippen LogP contribution in [0.2, 0.25) is 0 Å². The van der Waals surface area contributed by atoms with Gasteiger partial charge < -0.3 is 5.11 Å². The van der Waals surface area contributed by atoms with Crippen molar-refractivity contribution in [3.05, 3.63) is 0 Å². The molecule has 2 nitrogen and oxygen atoms in total. The zero-order valence-electron chi connectivity index (χ0n) is 16.3. The van der Waals surface area contributed by atoms with E-state index in [2.05, 4.69) is 55.4 Å².